The van der Waals surface area contributed by atoms with Crippen LogP contribution in [0.2, 0.25) is 0 Å². The van der Waals surface area contributed by atoms with Gasteiger partial charge < -0.3 is 5.73 Å². The molecule has 1 saturated carbocycles. The monoisotopic (exact) mass is 238 g/mol. The van der Waals surface area contributed by atoms with Gasteiger partial charge in [0, 0.05) is 6.54 Å². The van der Waals surface area contributed by atoms with E-state index in [1.54, 1.807) is 7.05 Å². The van der Waals surface area contributed by atoms with Crippen molar-refractivity contribution in [2.24, 2.45) is 18.2 Å². The number of aromatic nitrogens is 4. The summed E-state index contributed by atoms with van der Waals surface area (Å²) in [6.45, 7) is 0.374. The van der Waals surface area contributed by atoms with Crippen molar-refractivity contribution in [3.8, 4) is 0 Å². The molecular formula is C10H18N6O. The molecule has 7 nitrogen and oxygen atoms in total. The lowest BCUT2D eigenvalue weighted by molar-refractivity contribution is -0.126. The molecule has 0 radical (unpaired) electrons. The molecule has 1 aliphatic carbocycles. The van der Waals surface area contributed by atoms with Gasteiger partial charge in [0.15, 0.2) is 0 Å². The summed E-state index contributed by atoms with van der Waals surface area (Å²) in [5.74, 6) is 0.170. The molecule has 1 fully saturated rings. The summed E-state index contributed by atoms with van der Waals surface area (Å²) in [7, 11) is 1.65. The molecule has 1 aromatic rings. The highest BCUT2D eigenvalue weighted by molar-refractivity contribution is 5.94. The van der Waals surface area contributed by atoms with Crippen LogP contribution in [0.5, 0.6) is 0 Å². The van der Waals surface area contributed by atoms with Crippen LogP contribution in [-0.2, 0) is 11.8 Å². The van der Waals surface area contributed by atoms with Gasteiger partial charge in [-0.1, -0.05) is 24.4 Å². The van der Waals surface area contributed by atoms with Gasteiger partial charge in [-0.05, 0) is 18.1 Å². The van der Waals surface area contributed by atoms with Gasteiger partial charge in [-0.15, -0.1) is 5.10 Å². The number of carbonyl (C=O) groups excluding carboxylic acids is 1. The average Bonchev–Trinajstić information content (AvgIpc) is 2.75. The molecule has 1 heterocycles. The van der Waals surface area contributed by atoms with Crippen LogP contribution in [0.3, 0.4) is 0 Å². The normalized spacial score (nSPS) is 18.9. The number of hydrogen-bond acceptors (Lipinski definition) is 5. The van der Waals surface area contributed by atoms with Crippen LogP contribution in [0.15, 0.2) is 0 Å². The third-order valence-corrected chi connectivity index (χ3v) is 3.42. The number of nitrogens with zero attached hydrogens (tertiary/aromatic N) is 4. The second-order valence-electron chi connectivity index (χ2n) is 4.60. The largest absolute Gasteiger partial charge is 0.329 e. The van der Waals surface area contributed by atoms with Crippen LogP contribution in [0.1, 0.15) is 32.1 Å². The molecule has 0 bridgehead atoms. The van der Waals surface area contributed by atoms with Crippen molar-refractivity contribution in [2.45, 2.75) is 32.1 Å². The summed E-state index contributed by atoms with van der Waals surface area (Å²) < 4.78 is 0. The Morgan fingerprint density at radius 3 is 2.71 bits per heavy atom. The molecule has 1 amide bonds. The third-order valence-electron chi connectivity index (χ3n) is 3.42. The molecule has 17 heavy (non-hydrogen) atoms. The van der Waals surface area contributed by atoms with Crippen molar-refractivity contribution in [1.82, 2.24) is 20.2 Å². The lowest BCUT2D eigenvalue weighted by atomic mass is 9.73. The Kier molecular flexibility index (Phi) is 3.37. The minimum atomic E-state index is -0.447. The Bertz CT molecular complexity index is 395. The average molecular weight is 238 g/mol. The van der Waals surface area contributed by atoms with E-state index in [1.807, 2.05) is 0 Å². The number of aryl methyl sites for hydroxylation is 1. The molecule has 94 valence electrons. The highest BCUT2D eigenvalue weighted by atomic mass is 16.2. The molecule has 0 atom stereocenters. The van der Waals surface area contributed by atoms with Gasteiger partial charge in [-0.25, -0.2) is 0 Å². The zero-order valence-corrected chi connectivity index (χ0v) is 10.0. The minimum Gasteiger partial charge on any atom is -0.329 e. The van der Waals surface area contributed by atoms with Gasteiger partial charge in [-0.2, -0.15) is 4.80 Å². The quantitative estimate of drug-likeness (QED) is 0.775. The van der Waals surface area contributed by atoms with Gasteiger partial charge in [0.2, 0.25) is 5.91 Å². The van der Waals surface area contributed by atoms with E-state index in [2.05, 4.69) is 20.7 Å². The molecule has 3 N–H and O–H groups in total. The number of carbonyl (C=O) groups is 1. The maximum atomic E-state index is 12.2. The Labute approximate surface area is 99.7 Å². The standard InChI is InChI=1S/C10H18N6O/c1-16-14-9(13-15-16)12-8(17)10(7-11)5-3-2-4-6-10/h2-7,11H2,1H3,(H,12,14,17). The van der Waals surface area contributed by atoms with Crippen LogP contribution in [0.25, 0.3) is 0 Å². The first-order chi connectivity index (χ1) is 8.16. The maximum absolute atomic E-state index is 12.2. The molecular weight excluding hydrogens is 220 g/mol. The van der Waals surface area contributed by atoms with Gasteiger partial charge in [-0.3, -0.25) is 10.1 Å². The summed E-state index contributed by atoms with van der Waals surface area (Å²) in [5, 5.41) is 14.1. The Morgan fingerprint density at radius 2 is 2.18 bits per heavy atom. The highest BCUT2D eigenvalue weighted by Gasteiger charge is 2.38. The van der Waals surface area contributed by atoms with Crippen molar-refractivity contribution in [2.75, 3.05) is 11.9 Å². The van der Waals surface area contributed by atoms with Crippen molar-refractivity contribution in [3.05, 3.63) is 0 Å². The van der Waals surface area contributed by atoms with Crippen molar-refractivity contribution in [1.29, 1.82) is 0 Å². The van der Waals surface area contributed by atoms with Gasteiger partial charge in [0.25, 0.3) is 5.95 Å². The van der Waals surface area contributed by atoms with E-state index in [9.17, 15) is 4.79 Å². The first-order valence-electron chi connectivity index (χ1n) is 5.92. The fourth-order valence-corrected chi connectivity index (χ4v) is 2.32. The number of hydrogen-bond donors (Lipinski definition) is 2. The zero-order chi connectivity index (χ0) is 12.3. The molecule has 2 rings (SSSR count). The molecule has 7 heteroatoms. The fraction of sp³-hybridized carbons (Fsp3) is 0.800. The van der Waals surface area contributed by atoms with Crippen molar-refractivity contribution >= 4 is 11.9 Å². The van der Waals surface area contributed by atoms with Crippen LogP contribution in [0, 0.1) is 5.41 Å². The topological polar surface area (TPSA) is 98.7 Å². The third kappa shape index (κ3) is 2.44. The molecule has 1 aliphatic rings. The predicted molar refractivity (Wildman–Crippen MR) is 62.0 cm³/mol. The molecule has 0 saturated heterocycles. The maximum Gasteiger partial charge on any atom is 0.270 e. The summed E-state index contributed by atoms with van der Waals surface area (Å²) >= 11 is 0. The van der Waals surface area contributed by atoms with E-state index in [-0.39, 0.29) is 11.9 Å². The van der Waals surface area contributed by atoms with E-state index in [4.69, 9.17) is 5.73 Å². The lowest BCUT2D eigenvalue weighted by Gasteiger charge is -2.34. The van der Waals surface area contributed by atoms with Crippen molar-refractivity contribution in [3.63, 3.8) is 0 Å². The van der Waals surface area contributed by atoms with Crippen LogP contribution < -0.4 is 11.1 Å². The predicted octanol–water partition coefficient (Wildman–Crippen LogP) is 0.0578. The Hall–Kier alpha value is -1.50. The number of nitrogens with two attached hydrogens (primary N) is 1. The van der Waals surface area contributed by atoms with E-state index in [0.717, 1.165) is 25.7 Å². The van der Waals surface area contributed by atoms with Crippen LogP contribution in [0.4, 0.5) is 5.95 Å². The van der Waals surface area contributed by atoms with E-state index >= 15 is 0 Å². The smallest absolute Gasteiger partial charge is 0.270 e. The molecule has 0 aliphatic heterocycles. The number of nitrogens with one attached hydrogen (secondary N) is 1. The number of anilines is 1. The Balaban J connectivity index is 2.07. The number of tetrazole rings is 1. The van der Waals surface area contributed by atoms with Crippen LogP contribution in [-0.4, -0.2) is 32.7 Å². The van der Waals surface area contributed by atoms with Gasteiger partial charge in [0.1, 0.15) is 0 Å². The first kappa shape index (κ1) is 12.0. The SMILES string of the molecule is Cn1nnc(NC(=O)C2(CN)CCCCC2)n1. The summed E-state index contributed by atoms with van der Waals surface area (Å²) in [6.07, 6.45) is 4.97. The fourth-order valence-electron chi connectivity index (χ4n) is 2.32. The number of rotatable bonds is 3. The lowest BCUT2D eigenvalue weighted by Crippen LogP contribution is -2.44. The van der Waals surface area contributed by atoms with E-state index in [1.165, 1.54) is 11.2 Å². The Morgan fingerprint density at radius 1 is 1.47 bits per heavy atom. The second-order valence-corrected chi connectivity index (χ2v) is 4.60. The van der Waals surface area contributed by atoms with E-state index < -0.39 is 5.41 Å². The van der Waals surface area contributed by atoms with Crippen LogP contribution >= 0.6 is 0 Å². The summed E-state index contributed by atoms with van der Waals surface area (Å²) in [6, 6.07) is 0. The highest BCUT2D eigenvalue weighted by Crippen LogP contribution is 2.36. The minimum absolute atomic E-state index is 0.0762. The van der Waals surface area contributed by atoms with Gasteiger partial charge >= 0.3 is 0 Å². The van der Waals surface area contributed by atoms with E-state index in [0.29, 0.717) is 6.54 Å². The molecule has 0 spiro atoms. The van der Waals surface area contributed by atoms with Crippen molar-refractivity contribution < 1.29 is 4.79 Å². The zero-order valence-electron chi connectivity index (χ0n) is 10.0. The molecule has 1 aromatic heterocycles. The first-order valence-corrected chi connectivity index (χ1v) is 5.92. The van der Waals surface area contributed by atoms with Gasteiger partial charge in [0.05, 0.1) is 12.5 Å². The number of amides is 1. The molecule has 0 unspecified atom stereocenters. The summed E-state index contributed by atoms with van der Waals surface area (Å²) in [5.41, 5.74) is 5.33. The molecule has 0 aromatic carbocycles. The summed E-state index contributed by atoms with van der Waals surface area (Å²) in [4.78, 5) is 13.5. The second kappa shape index (κ2) is 4.79.